The standard InChI is InChI=1S/C17H14F4N4OS/c1-9-15(27-10(2)22-9)23-16(26)25(3)13(8-14(24-25)17(19,20)21)11-6-4-5-7-12(11)18/h4-8H,1-3H3/p+1. The number of nitrogens with zero attached hydrogens (tertiary/aromatic N) is 3. The van der Waals surface area contributed by atoms with Gasteiger partial charge in [0, 0.05) is 6.08 Å². The molecule has 2 amide bonds. The van der Waals surface area contributed by atoms with E-state index >= 15 is 0 Å². The van der Waals surface area contributed by atoms with Crippen LogP contribution in [0.25, 0.3) is 5.70 Å². The van der Waals surface area contributed by atoms with E-state index in [1.807, 2.05) is 0 Å². The van der Waals surface area contributed by atoms with Gasteiger partial charge in [-0.15, -0.1) is 11.3 Å². The molecule has 2 heterocycles. The molecule has 0 saturated heterocycles. The van der Waals surface area contributed by atoms with Crippen LogP contribution in [0.5, 0.6) is 0 Å². The van der Waals surface area contributed by atoms with E-state index in [0.717, 1.165) is 6.07 Å². The molecule has 1 unspecified atom stereocenters. The number of quaternary nitrogens is 1. The first-order valence-electron chi connectivity index (χ1n) is 7.79. The predicted octanol–water partition coefficient (Wildman–Crippen LogP) is 4.85. The lowest BCUT2D eigenvalue weighted by Gasteiger charge is -2.23. The molecule has 1 aliphatic rings. The Hall–Kier alpha value is -2.59. The molecule has 0 fully saturated rings. The smallest absolute Gasteiger partial charge is 0.262 e. The number of carbonyl (C=O) groups excluding carboxylic acids is 1. The Morgan fingerprint density at radius 1 is 1.22 bits per heavy atom. The van der Waals surface area contributed by atoms with Crippen LogP contribution in [0.4, 0.5) is 27.4 Å². The van der Waals surface area contributed by atoms with Gasteiger partial charge >= 0.3 is 12.2 Å². The van der Waals surface area contributed by atoms with E-state index in [-0.39, 0.29) is 11.3 Å². The Morgan fingerprint density at radius 2 is 1.89 bits per heavy atom. The molecule has 1 aromatic heterocycles. The summed E-state index contributed by atoms with van der Waals surface area (Å²) in [5.74, 6) is -0.746. The zero-order valence-corrected chi connectivity index (χ0v) is 15.4. The number of hydrogen-bond acceptors (Lipinski definition) is 4. The van der Waals surface area contributed by atoms with Crippen LogP contribution in [0, 0.1) is 19.7 Å². The highest BCUT2D eigenvalue weighted by Gasteiger charge is 2.51. The van der Waals surface area contributed by atoms with E-state index in [9.17, 15) is 22.4 Å². The van der Waals surface area contributed by atoms with Gasteiger partial charge in [0.15, 0.2) is 5.70 Å². The molecule has 0 saturated carbocycles. The highest BCUT2D eigenvalue weighted by Crippen LogP contribution is 2.38. The molecule has 1 N–H and O–H groups in total. The van der Waals surface area contributed by atoms with E-state index in [0.29, 0.717) is 21.8 Å². The lowest BCUT2D eigenvalue weighted by atomic mass is 10.1. The van der Waals surface area contributed by atoms with Crippen LogP contribution >= 0.6 is 11.3 Å². The molecule has 1 aliphatic heterocycles. The van der Waals surface area contributed by atoms with Crippen molar-refractivity contribution in [2.24, 2.45) is 5.10 Å². The monoisotopic (exact) mass is 399 g/mol. The number of carbonyl (C=O) groups is 1. The summed E-state index contributed by atoms with van der Waals surface area (Å²) in [4.78, 5) is 17.0. The molecule has 0 aliphatic carbocycles. The van der Waals surface area contributed by atoms with Gasteiger partial charge in [0.1, 0.15) is 17.9 Å². The maximum Gasteiger partial charge on any atom is 0.453 e. The maximum absolute atomic E-state index is 14.2. The normalized spacial score (nSPS) is 19.7. The third-order valence-corrected chi connectivity index (χ3v) is 5.00. The second kappa shape index (κ2) is 6.54. The summed E-state index contributed by atoms with van der Waals surface area (Å²) in [6.45, 7) is 3.41. The Kier molecular flexibility index (Phi) is 4.64. The number of aryl methyl sites for hydroxylation is 2. The third kappa shape index (κ3) is 3.50. The molecule has 5 nitrogen and oxygen atoms in total. The topological polar surface area (TPSA) is 54.4 Å². The van der Waals surface area contributed by atoms with Crippen molar-refractivity contribution in [3.8, 4) is 0 Å². The van der Waals surface area contributed by atoms with Crippen LogP contribution < -0.4 is 5.32 Å². The van der Waals surface area contributed by atoms with Crippen molar-refractivity contribution in [3.63, 3.8) is 0 Å². The minimum atomic E-state index is -4.77. The summed E-state index contributed by atoms with van der Waals surface area (Å²) in [5, 5.41) is 7.22. The second-order valence-electron chi connectivity index (χ2n) is 6.03. The second-order valence-corrected chi connectivity index (χ2v) is 7.23. The molecular weight excluding hydrogens is 384 g/mol. The summed E-state index contributed by atoms with van der Waals surface area (Å²) < 4.78 is 52.8. The van der Waals surface area contributed by atoms with Crippen LogP contribution in [-0.4, -0.2) is 34.5 Å². The van der Waals surface area contributed by atoms with Crippen molar-refractivity contribution < 1.29 is 26.9 Å². The Labute approximate surface area is 156 Å². The molecular formula is C17H15F4N4OS+. The van der Waals surface area contributed by atoms with E-state index in [1.54, 1.807) is 13.8 Å². The van der Waals surface area contributed by atoms with E-state index < -0.39 is 28.3 Å². The number of alkyl halides is 3. The number of benzene rings is 1. The van der Waals surface area contributed by atoms with Crippen molar-refractivity contribution in [2.75, 3.05) is 12.4 Å². The van der Waals surface area contributed by atoms with Crippen molar-refractivity contribution in [3.05, 3.63) is 52.4 Å². The summed E-state index contributed by atoms with van der Waals surface area (Å²) in [7, 11) is 1.18. The van der Waals surface area contributed by atoms with Crippen molar-refractivity contribution in [1.29, 1.82) is 0 Å². The largest absolute Gasteiger partial charge is 0.453 e. The Bertz CT molecular complexity index is 980. The molecule has 27 heavy (non-hydrogen) atoms. The van der Waals surface area contributed by atoms with Crippen molar-refractivity contribution in [1.82, 2.24) is 4.98 Å². The minimum absolute atomic E-state index is 0.129. The van der Waals surface area contributed by atoms with Crippen LogP contribution in [-0.2, 0) is 0 Å². The van der Waals surface area contributed by atoms with Gasteiger partial charge in [-0.05, 0) is 26.0 Å². The summed E-state index contributed by atoms with van der Waals surface area (Å²) in [6, 6.07) is 4.45. The number of nitrogens with one attached hydrogen (secondary N) is 1. The first kappa shape index (κ1) is 19.2. The number of urea groups is 1. The molecule has 0 spiro atoms. The van der Waals surface area contributed by atoms with Crippen LogP contribution in [0.3, 0.4) is 0 Å². The number of aromatic nitrogens is 1. The number of amides is 2. The fourth-order valence-electron chi connectivity index (χ4n) is 2.68. The SMILES string of the molecule is Cc1nc(C)c(NC(=O)[N+]2(C)N=C(C(F)(F)F)C=C2c2ccccc2F)s1. The van der Waals surface area contributed by atoms with Gasteiger partial charge in [-0.3, -0.25) is 5.32 Å². The highest BCUT2D eigenvalue weighted by atomic mass is 32.1. The summed E-state index contributed by atoms with van der Waals surface area (Å²) in [5.41, 5.74) is -1.06. The molecule has 0 bridgehead atoms. The molecule has 1 aromatic carbocycles. The predicted molar refractivity (Wildman–Crippen MR) is 94.7 cm³/mol. The molecule has 2 aromatic rings. The van der Waals surface area contributed by atoms with E-state index in [4.69, 9.17) is 0 Å². The average Bonchev–Trinajstić information content (AvgIpc) is 3.08. The molecule has 1 atom stereocenters. The quantitative estimate of drug-likeness (QED) is 0.580. The van der Waals surface area contributed by atoms with Crippen molar-refractivity contribution >= 4 is 33.8 Å². The van der Waals surface area contributed by atoms with Gasteiger partial charge in [0.25, 0.3) is 0 Å². The van der Waals surface area contributed by atoms with Crippen LogP contribution in [0.2, 0.25) is 0 Å². The Balaban J connectivity index is 2.07. The summed E-state index contributed by atoms with van der Waals surface area (Å²) in [6.07, 6.45) is -4.08. The Morgan fingerprint density at radius 3 is 2.44 bits per heavy atom. The summed E-state index contributed by atoms with van der Waals surface area (Å²) >= 11 is 1.19. The molecule has 0 radical (unpaired) electrons. The number of allylic oxidation sites excluding steroid dienone is 1. The lowest BCUT2D eigenvalue weighted by Crippen LogP contribution is -2.44. The maximum atomic E-state index is 14.2. The number of anilines is 1. The van der Waals surface area contributed by atoms with E-state index in [1.165, 1.54) is 36.6 Å². The van der Waals surface area contributed by atoms with Crippen molar-refractivity contribution in [2.45, 2.75) is 20.0 Å². The van der Waals surface area contributed by atoms with Gasteiger partial charge in [-0.25, -0.2) is 14.2 Å². The van der Waals surface area contributed by atoms with E-state index in [2.05, 4.69) is 15.4 Å². The van der Waals surface area contributed by atoms with Gasteiger partial charge in [0.05, 0.1) is 16.3 Å². The number of hydrogen-bond donors (Lipinski definition) is 1. The zero-order chi connectivity index (χ0) is 20.0. The third-order valence-electron chi connectivity index (χ3n) is 4.01. The van der Waals surface area contributed by atoms with Crippen LogP contribution in [0.1, 0.15) is 16.3 Å². The zero-order valence-electron chi connectivity index (χ0n) is 14.6. The molecule has 142 valence electrons. The van der Waals surface area contributed by atoms with Crippen LogP contribution in [0.15, 0.2) is 35.4 Å². The minimum Gasteiger partial charge on any atom is -0.262 e. The fraction of sp³-hybridized carbons (Fsp3) is 0.235. The lowest BCUT2D eigenvalue weighted by molar-refractivity contribution is -0.756. The number of rotatable bonds is 2. The van der Waals surface area contributed by atoms with Gasteiger partial charge < -0.3 is 0 Å². The molecule has 10 heteroatoms. The first-order valence-corrected chi connectivity index (χ1v) is 8.60. The van der Waals surface area contributed by atoms with Gasteiger partial charge in [-0.1, -0.05) is 21.8 Å². The average molecular weight is 399 g/mol. The first-order chi connectivity index (χ1) is 12.5. The van der Waals surface area contributed by atoms with Gasteiger partial charge in [-0.2, -0.15) is 13.2 Å². The highest BCUT2D eigenvalue weighted by molar-refractivity contribution is 7.16. The number of halogens is 4. The van der Waals surface area contributed by atoms with Gasteiger partial charge in [0.2, 0.25) is 5.71 Å². The fourth-order valence-corrected chi connectivity index (χ4v) is 3.49. The molecule has 3 rings (SSSR count). The number of thiazole rings is 1.